The maximum Gasteiger partial charge on any atom is 0.407 e. The van der Waals surface area contributed by atoms with Gasteiger partial charge in [0.25, 0.3) is 5.91 Å². The summed E-state index contributed by atoms with van der Waals surface area (Å²) in [5.74, 6) is 0.0744. The number of carboxylic acid groups (broad SMARTS) is 1. The molecule has 7 heteroatoms. The van der Waals surface area contributed by atoms with Gasteiger partial charge in [-0.3, -0.25) is 9.69 Å². The molecule has 0 unspecified atom stereocenters. The lowest BCUT2D eigenvalue weighted by molar-refractivity contribution is 0.0999. The van der Waals surface area contributed by atoms with Gasteiger partial charge in [-0.1, -0.05) is 12.1 Å². The van der Waals surface area contributed by atoms with Gasteiger partial charge in [0.05, 0.1) is 17.3 Å². The third kappa shape index (κ3) is 2.30. The van der Waals surface area contributed by atoms with Crippen LogP contribution in [0, 0.1) is 0 Å². The average Bonchev–Trinajstić information content (AvgIpc) is 3.15. The Morgan fingerprint density at radius 3 is 2.82 bits per heavy atom. The average molecular weight is 300 g/mol. The number of likely N-dealkylation sites (tertiary alicyclic amines) is 1. The first kappa shape index (κ1) is 14.1. The Balaban J connectivity index is 2.07. The molecule has 1 atom stereocenters. The maximum atomic E-state index is 11.6. The van der Waals surface area contributed by atoms with Crippen LogP contribution in [0.2, 0.25) is 0 Å². The van der Waals surface area contributed by atoms with Crippen LogP contribution in [-0.4, -0.2) is 38.1 Å². The quantitative estimate of drug-likeness (QED) is 0.902. The number of benzene rings is 1. The van der Waals surface area contributed by atoms with Crippen molar-refractivity contribution >= 4 is 12.0 Å². The van der Waals surface area contributed by atoms with E-state index in [1.54, 1.807) is 41.2 Å². The Bertz CT molecular complexity index is 725. The van der Waals surface area contributed by atoms with Gasteiger partial charge in [0.2, 0.25) is 0 Å². The number of para-hydroxylation sites is 1. The van der Waals surface area contributed by atoms with Crippen LogP contribution in [0.25, 0.3) is 5.69 Å². The van der Waals surface area contributed by atoms with Gasteiger partial charge in [0.15, 0.2) is 0 Å². The minimum Gasteiger partial charge on any atom is -0.465 e. The minimum atomic E-state index is -0.958. The monoisotopic (exact) mass is 300 g/mol. The highest BCUT2D eigenvalue weighted by atomic mass is 16.4. The Morgan fingerprint density at radius 2 is 2.09 bits per heavy atom. The number of rotatable bonds is 3. The van der Waals surface area contributed by atoms with Crippen LogP contribution in [0.1, 0.15) is 35.1 Å². The SMILES string of the molecule is NC(=O)c1ccccc1-n1ccnc1[C@@H]1CCCN1C(=O)O. The fraction of sp³-hybridized carbons (Fsp3) is 0.267. The third-order valence-electron chi connectivity index (χ3n) is 3.89. The van der Waals surface area contributed by atoms with Crippen LogP contribution in [0.4, 0.5) is 4.79 Å². The van der Waals surface area contributed by atoms with Crippen molar-refractivity contribution < 1.29 is 14.7 Å². The van der Waals surface area contributed by atoms with Gasteiger partial charge in [0, 0.05) is 18.9 Å². The molecule has 1 aliphatic heterocycles. The molecule has 1 aromatic carbocycles. The lowest BCUT2D eigenvalue weighted by Gasteiger charge is -2.22. The van der Waals surface area contributed by atoms with Gasteiger partial charge in [-0.05, 0) is 25.0 Å². The predicted molar refractivity (Wildman–Crippen MR) is 78.8 cm³/mol. The summed E-state index contributed by atoms with van der Waals surface area (Å²) in [7, 11) is 0. The van der Waals surface area contributed by atoms with E-state index in [9.17, 15) is 14.7 Å². The smallest absolute Gasteiger partial charge is 0.407 e. The number of hydrogen-bond donors (Lipinski definition) is 2. The van der Waals surface area contributed by atoms with Crippen LogP contribution < -0.4 is 5.73 Å². The highest BCUT2D eigenvalue weighted by molar-refractivity contribution is 5.96. The Kier molecular flexibility index (Phi) is 3.54. The van der Waals surface area contributed by atoms with E-state index in [2.05, 4.69) is 4.98 Å². The minimum absolute atomic E-state index is 0.312. The van der Waals surface area contributed by atoms with Crippen molar-refractivity contribution in [1.29, 1.82) is 0 Å². The largest absolute Gasteiger partial charge is 0.465 e. The maximum absolute atomic E-state index is 11.6. The second-order valence-corrected chi connectivity index (χ2v) is 5.17. The summed E-state index contributed by atoms with van der Waals surface area (Å²) in [5, 5.41) is 9.30. The molecule has 3 rings (SSSR count). The van der Waals surface area contributed by atoms with E-state index < -0.39 is 12.0 Å². The number of nitrogens with two attached hydrogens (primary N) is 1. The number of aromatic nitrogens is 2. The predicted octanol–water partition coefficient (Wildman–Crippen LogP) is 1.79. The number of primary amides is 1. The number of carbonyl (C=O) groups is 2. The highest BCUT2D eigenvalue weighted by Crippen LogP contribution is 2.32. The van der Waals surface area contributed by atoms with Gasteiger partial charge in [-0.15, -0.1) is 0 Å². The number of amides is 2. The fourth-order valence-electron chi connectivity index (χ4n) is 2.92. The lowest BCUT2D eigenvalue weighted by Crippen LogP contribution is -2.30. The molecule has 1 fully saturated rings. The van der Waals surface area contributed by atoms with E-state index in [1.807, 2.05) is 0 Å². The zero-order chi connectivity index (χ0) is 15.7. The lowest BCUT2D eigenvalue weighted by atomic mass is 10.1. The highest BCUT2D eigenvalue weighted by Gasteiger charge is 2.33. The van der Waals surface area contributed by atoms with E-state index in [1.165, 1.54) is 4.90 Å². The van der Waals surface area contributed by atoms with E-state index in [-0.39, 0.29) is 6.04 Å². The van der Waals surface area contributed by atoms with Crippen molar-refractivity contribution in [2.45, 2.75) is 18.9 Å². The molecule has 0 spiro atoms. The summed E-state index contributed by atoms with van der Waals surface area (Å²) >= 11 is 0. The zero-order valence-corrected chi connectivity index (χ0v) is 11.8. The molecule has 2 heterocycles. The molecule has 7 nitrogen and oxygen atoms in total. The van der Waals surface area contributed by atoms with Gasteiger partial charge < -0.3 is 15.4 Å². The standard InChI is InChI=1S/C15H16N4O3/c16-13(20)10-4-1-2-5-11(10)18-9-7-17-14(18)12-6-3-8-19(12)15(21)22/h1-2,4-5,7,9,12H,3,6,8H2,(H2,16,20)(H,21,22)/t12-/m0/s1. The molecule has 0 saturated carbocycles. The Labute approximate surface area is 127 Å². The van der Waals surface area contributed by atoms with Gasteiger partial charge in [-0.25, -0.2) is 9.78 Å². The van der Waals surface area contributed by atoms with Crippen molar-refractivity contribution in [2.75, 3.05) is 6.54 Å². The topological polar surface area (TPSA) is 101 Å². The molecule has 1 saturated heterocycles. The molecule has 1 aromatic heterocycles. The first-order chi connectivity index (χ1) is 10.6. The normalized spacial score (nSPS) is 17.6. The van der Waals surface area contributed by atoms with Crippen LogP contribution in [0.5, 0.6) is 0 Å². The zero-order valence-electron chi connectivity index (χ0n) is 11.8. The summed E-state index contributed by atoms with van der Waals surface area (Å²) in [6, 6.07) is 6.64. The molecule has 1 aliphatic rings. The first-order valence-electron chi connectivity index (χ1n) is 7.01. The van der Waals surface area contributed by atoms with Crippen molar-refractivity contribution in [3.05, 3.63) is 48.0 Å². The molecule has 22 heavy (non-hydrogen) atoms. The van der Waals surface area contributed by atoms with E-state index in [0.29, 0.717) is 30.0 Å². The molecule has 2 aromatic rings. The second-order valence-electron chi connectivity index (χ2n) is 5.17. The summed E-state index contributed by atoms with van der Waals surface area (Å²) in [4.78, 5) is 28.6. The number of nitrogens with zero attached hydrogens (tertiary/aromatic N) is 3. The first-order valence-corrected chi connectivity index (χ1v) is 7.01. The molecule has 114 valence electrons. The number of carbonyl (C=O) groups excluding carboxylic acids is 1. The van der Waals surface area contributed by atoms with Crippen LogP contribution in [0.15, 0.2) is 36.7 Å². The summed E-state index contributed by atoms with van der Waals surface area (Å²) < 4.78 is 1.74. The number of hydrogen-bond acceptors (Lipinski definition) is 3. The summed E-state index contributed by atoms with van der Waals surface area (Å²) in [5.41, 5.74) is 6.41. The van der Waals surface area contributed by atoms with Crippen LogP contribution in [0.3, 0.4) is 0 Å². The summed E-state index contributed by atoms with van der Waals surface area (Å²) in [6.07, 6.45) is 3.87. The van der Waals surface area contributed by atoms with Gasteiger partial charge in [0.1, 0.15) is 5.82 Å². The van der Waals surface area contributed by atoms with Crippen molar-refractivity contribution in [3.63, 3.8) is 0 Å². The van der Waals surface area contributed by atoms with E-state index >= 15 is 0 Å². The van der Waals surface area contributed by atoms with Gasteiger partial charge >= 0.3 is 6.09 Å². The third-order valence-corrected chi connectivity index (χ3v) is 3.89. The second kappa shape index (κ2) is 5.51. The van der Waals surface area contributed by atoms with Crippen LogP contribution >= 0.6 is 0 Å². The van der Waals surface area contributed by atoms with Crippen LogP contribution in [-0.2, 0) is 0 Å². The fourth-order valence-corrected chi connectivity index (χ4v) is 2.92. The molecule has 2 amide bonds. The van der Waals surface area contributed by atoms with Crippen molar-refractivity contribution in [2.24, 2.45) is 5.73 Å². The molecule has 0 radical (unpaired) electrons. The molecule has 0 bridgehead atoms. The van der Waals surface area contributed by atoms with E-state index in [4.69, 9.17) is 5.73 Å². The molecule has 0 aliphatic carbocycles. The van der Waals surface area contributed by atoms with Crippen molar-refractivity contribution in [3.8, 4) is 5.69 Å². The summed E-state index contributed by atoms with van der Waals surface area (Å²) in [6.45, 7) is 0.490. The molecular formula is C15H16N4O3. The van der Waals surface area contributed by atoms with E-state index in [0.717, 1.165) is 6.42 Å². The molecular weight excluding hydrogens is 284 g/mol. The molecule has 3 N–H and O–H groups in total. The van der Waals surface area contributed by atoms with Gasteiger partial charge in [-0.2, -0.15) is 0 Å². The number of imidazole rings is 1. The Hall–Kier alpha value is -2.83. The Morgan fingerprint density at radius 1 is 1.32 bits per heavy atom. The van der Waals surface area contributed by atoms with Crippen molar-refractivity contribution in [1.82, 2.24) is 14.5 Å².